The normalized spacial score (nSPS) is 10.7. The number of aromatic nitrogens is 2. The van der Waals surface area contributed by atoms with Crippen molar-refractivity contribution in [3.63, 3.8) is 0 Å². The van der Waals surface area contributed by atoms with Crippen LogP contribution in [0.25, 0.3) is 10.9 Å². The molecule has 0 amide bonds. The van der Waals surface area contributed by atoms with Crippen molar-refractivity contribution in [2.24, 2.45) is 0 Å². The predicted molar refractivity (Wildman–Crippen MR) is 89.5 cm³/mol. The first-order chi connectivity index (χ1) is 11.2. The second-order valence-corrected chi connectivity index (χ2v) is 5.28. The van der Waals surface area contributed by atoms with Gasteiger partial charge in [-0.15, -0.1) is 5.10 Å². The number of rotatable bonds is 6. The Morgan fingerprint density at radius 2 is 1.70 bits per heavy atom. The highest BCUT2D eigenvalue weighted by Gasteiger charge is 2.12. The monoisotopic (exact) mass is 312 g/mol. The smallest absolute Gasteiger partial charge is 0.240 e. The SMILES string of the molecule is COc1ccc2c(c1)c(OC)nn2CCOc1ccc(C)cc1. The zero-order valence-electron chi connectivity index (χ0n) is 13.6. The van der Waals surface area contributed by atoms with Gasteiger partial charge in [0.2, 0.25) is 5.88 Å². The number of hydrogen-bond donors (Lipinski definition) is 0. The topological polar surface area (TPSA) is 45.5 Å². The van der Waals surface area contributed by atoms with Crippen LogP contribution in [0.5, 0.6) is 17.4 Å². The minimum absolute atomic E-state index is 0.537. The average Bonchev–Trinajstić information content (AvgIpc) is 2.94. The number of hydrogen-bond acceptors (Lipinski definition) is 4. The number of aryl methyl sites for hydroxylation is 1. The van der Waals surface area contributed by atoms with Crippen LogP contribution in [-0.4, -0.2) is 30.6 Å². The second-order valence-electron chi connectivity index (χ2n) is 5.28. The molecule has 0 fully saturated rings. The summed E-state index contributed by atoms with van der Waals surface area (Å²) in [7, 11) is 3.27. The summed E-state index contributed by atoms with van der Waals surface area (Å²) in [4.78, 5) is 0. The van der Waals surface area contributed by atoms with Crippen molar-refractivity contribution in [3.05, 3.63) is 48.0 Å². The van der Waals surface area contributed by atoms with Crippen LogP contribution >= 0.6 is 0 Å². The average molecular weight is 312 g/mol. The van der Waals surface area contributed by atoms with Gasteiger partial charge in [-0.25, -0.2) is 0 Å². The summed E-state index contributed by atoms with van der Waals surface area (Å²) in [5.74, 6) is 2.24. The van der Waals surface area contributed by atoms with Gasteiger partial charge in [0.15, 0.2) is 0 Å². The summed E-state index contributed by atoms with van der Waals surface area (Å²) in [6.07, 6.45) is 0. The molecule has 0 unspecified atom stereocenters. The molecule has 0 aliphatic carbocycles. The standard InChI is InChI=1S/C18H20N2O3/c1-13-4-6-14(7-5-13)23-11-10-20-17-9-8-15(21-2)12-16(17)18(19-20)22-3/h4-9,12H,10-11H2,1-3H3. The van der Waals surface area contributed by atoms with E-state index in [1.54, 1.807) is 14.2 Å². The molecule has 0 atom stereocenters. The van der Waals surface area contributed by atoms with Gasteiger partial charge in [-0.2, -0.15) is 0 Å². The van der Waals surface area contributed by atoms with Gasteiger partial charge in [-0.1, -0.05) is 17.7 Å². The van der Waals surface area contributed by atoms with Crippen molar-refractivity contribution in [3.8, 4) is 17.4 Å². The number of methoxy groups -OCH3 is 2. The number of nitrogens with zero attached hydrogens (tertiary/aromatic N) is 2. The van der Waals surface area contributed by atoms with E-state index in [1.807, 2.05) is 47.1 Å². The second kappa shape index (κ2) is 6.60. The highest BCUT2D eigenvalue weighted by molar-refractivity contribution is 5.86. The number of benzene rings is 2. The molecule has 0 aliphatic rings. The predicted octanol–water partition coefficient (Wildman–Crippen LogP) is 3.44. The zero-order chi connectivity index (χ0) is 16.2. The van der Waals surface area contributed by atoms with E-state index in [2.05, 4.69) is 12.0 Å². The molecule has 0 saturated heterocycles. The van der Waals surface area contributed by atoms with Crippen molar-refractivity contribution < 1.29 is 14.2 Å². The van der Waals surface area contributed by atoms with Crippen molar-refractivity contribution in [1.82, 2.24) is 9.78 Å². The van der Waals surface area contributed by atoms with Gasteiger partial charge in [0.05, 0.1) is 31.7 Å². The molecule has 2 aromatic carbocycles. The van der Waals surface area contributed by atoms with Crippen molar-refractivity contribution in [1.29, 1.82) is 0 Å². The number of fused-ring (bicyclic) bond motifs is 1. The molecule has 3 rings (SSSR count). The molecule has 3 aromatic rings. The lowest BCUT2D eigenvalue weighted by Gasteiger charge is -2.07. The lowest BCUT2D eigenvalue weighted by molar-refractivity contribution is 0.290. The highest BCUT2D eigenvalue weighted by Crippen LogP contribution is 2.28. The summed E-state index contributed by atoms with van der Waals surface area (Å²) < 4.78 is 18.3. The lowest BCUT2D eigenvalue weighted by Crippen LogP contribution is -2.09. The van der Waals surface area contributed by atoms with Gasteiger partial charge in [0.25, 0.3) is 0 Å². The summed E-state index contributed by atoms with van der Waals surface area (Å²) in [5.41, 5.74) is 2.21. The van der Waals surface area contributed by atoms with Crippen LogP contribution in [0.4, 0.5) is 0 Å². The minimum atomic E-state index is 0.537. The van der Waals surface area contributed by atoms with Crippen molar-refractivity contribution >= 4 is 10.9 Å². The van der Waals surface area contributed by atoms with Gasteiger partial charge in [-0.05, 0) is 37.3 Å². The van der Waals surface area contributed by atoms with Gasteiger partial charge >= 0.3 is 0 Å². The van der Waals surface area contributed by atoms with Crippen LogP contribution in [0.3, 0.4) is 0 Å². The van der Waals surface area contributed by atoms with Crippen LogP contribution < -0.4 is 14.2 Å². The molecule has 23 heavy (non-hydrogen) atoms. The molecule has 0 aliphatic heterocycles. The summed E-state index contributed by atoms with van der Waals surface area (Å²) in [6, 6.07) is 13.8. The third-order valence-corrected chi connectivity index (χ3v) is 3.71. The van der Waals surface area contributed by atoms with Gasteiger partial charge < -0.3 is 14.2 Å². The van der Waals surface area contributed by atoms with E-state index in [-0.39, 0.29) is 0 Å². The van der Waals surface area contributed by atoms with E-state index in [0.29, 0.717) is 19.0 Å². The minimum Gasteiger partial charge on any atom is -0.497 e. The first kappa shape index (κ1) is 15.2. The maximum Gasteiger partial charge on any atom is 0.240 e. The maximum absolute atomic E-state index is 5.78. The molecule has 120 valence electrons. The fourth-order valence-electron chi connectivity index (χ4n) is 2.46. The third kappa shape index (κ3) is 3.23. The molecule has 5 heteroatoms. The Kier molecular flexibility index (Phi) is 4.37. The fourth-order valence-corrected chi connectivity index (χ4v) is 2.46. The van der Waals surface area contributed by atoms with Crippen LogP contribution in [0.1, 0.15) is 5.56 Å². The third-order valence-electron chi connectivity index (χ3n) is 3.71. The fraction of sp³-hybridized carbons (Fsp3) is 0.278. The first-order valence-electron chi connectivity index (χ1n) is 7.49. The highest BCUT2D eigenvalue weighted by atomic mass is 16.5. The molecule has 5 nitrogen and oxygen atoms in total. The van der Waals surface area contributed by atoms with Crippen LogP contribution in [0, 0.1) is 6.92 Å². The molecule has 0 spiro atoms. The Bertz CT molecular complexity index is 794. The van der Waals surface area contributed by atoms with Crippen molar-refractivity contribution in [2.45, 2.75) is 13.5 Å². The Labute approximate surface area is 135 Å². The van der Waals surface area contributed by atoms with Crippen molar-refractivity contribution in [2.75, 3.05) is 20.8 Å². The molecule has 0 N–H and O–H groups in total. The summed E-state index contributed by atoms with van der Waals surface area (Å²) >= 11 is 0. The Balaban J connectivity index is 1.76. The van der Waals surface area contributed by atoms with Crippen LogP contribution in [-0.2, 0) is 6.54 Å². The number of ether oxygens (including phenoxy) is 3. The van der Waals surface area contributed by atoms with Crippen LogP contribution in [0.15, 0.2) is 42.5 Å². The Hall–Kier alpha value is -2.69. The molecule has 0 bridgehead atoms. The van der Waals surface area contributed by atoms with Gasteiger partial charge in [0, 0.05) is 0 Å². The van der Waals surface area contributed by atoms with E-state index in [4.69, 9.17) is 14.2 Å². The molecule has 1 heterocycles. The lowest BCUT2D eigenvalue weighted by atomic mass is 10.2. The van der Waals surface area contributed by atoms with E-state index in [9.17, 15) is 0 Å². The van der Waals surface area contributed by atoms with E-state index >= 15 is 0 Å². The molecule has 0 radical (unpaired) electrons. The Morgan fingerprint density at radius 3 is 2.39 bits per heavy atom. The van der Waals surface area contributed by atoms with Crippen LogP contribution in [0.2, 0.25) is 0 Å². The molecular formula is C18H20N2O3. The molecule has 1 aromatic heterocycles. The first-order valence-corrected chi connectivity index (χ1v) is 7.49. The maximum atomic E-state index is 5.78. The van der Waals surface area contributed by atoms with E-state index in [1.165, 1.54) is 5.56 Å². The molecule has 0 saturated carbocycles. The molecular weight excluding hydrogens is 292 g/mol. The largest absolute Gasteiger partial charge is 0.497 e. The summed E-state index contributed by atoms with van der Waals surface area (Å²) in [6.45, 7) is 3.23. The van der Waals surface area contributed by atoms with Gasteiger partial charge in [-0.3, -0.25) is 4.68 Å². The zero-order valence-corrected chi connectivity index (χ0v) is 13.6. The Morgan fingerprint density at radius 1 is 0.957 bits per heavy atom. The quantitative estimate of drug-likeness (QED) is 0.699. The summed E-state index contributed by atoms with van der Waals surface area (Å²) in [5, 5.41) is 5.42. The van der Waals surface area contributed by atoms with Gasteiger partial charge in [0.1, 0.15) is 18.1 Å². The van der Waals surface area contributed by atoms with E-state index < -0.39 is 0 Å². The van der Waals surface area contributed by atoms with E-state index in [0.717, 1.165) is 22.4 Å².